The molecule has 2 rings (SSSR count). The van der Waals surface area contributed by atoms with E-state index in [0.717, 1.165) is 6.42 Å². The second-order valence-electron chi connectivity index (χ2n) is 7.21. The molecule has 0 spiro atoms. The third kappa shape index (κ3) is 3.79. The van der Waals surface area contributed by atoms with E-state index in [2.05, 4.69) is 33.8 Å². The number of hydrogen-bond donors (Lipinski definition) is 0. The molecule has 0 amide bonds. The second-order valence-corrected chi connectivity index (χ2v) is 7.21. The van der Waals surface area contributed by atoms with E-state index in [0.29, 0.717) is 6.61 Å². The molecule has 0 heterocycles. The largest absolute Gasteiger partial charge is 0.463 e. The highest BCUT2D eigenvalue weighted by Crippen LogP contribution is 2.46. The molecule has 0 N–H and O–H groups in total. The van der Waals surface area contributed by atoms with Crippen LogP contribution in [0.25, 0.3) is 0 Å². The van der Waals surface area contributed by atoms with E-state index in [1.807, 2.05) is 13.0 Å². The number of allylic oxidation sites excluding steroid dienone is 7. The van der Waals surface area contributed by atoms with Crippen LogP contribution in [-0.2, 0) is 9.53 Å². The van der Waals surface area contributed by atoms with E-state index in [1.165, 1.54) is 47.1 Å². The molecule has 0 atom stereocenters. The minimum absolute atomic E-state index is 0.124. The van der Waals surface area contributed by atoms with Crippen molar-refractivity contribution in [1.82, 2.24) is 0 Å². The highest BCUT2D eigenvalue weighted by Gasteiger charge is 2.28. The van der Waals surface area contributed by atoms with Crippen LogP contribution in [0.1, 0.15) is 60.3 Å². The normalized spacial score (nSPS) is 21.0. The van der Waals surface area contributed by atoms with Crippen molar-refractivity contribution in [2.75, 3.05) is 6.61 Å². The van der Waals surface area contributed by atoms with Crippen LogP contribution >= 0.6 is 0 Å². The molecule has 0 unspecified atom stereocenters. The minimum atomic E-state index is -0.261. The van der Waals surface area contributed by atoms with Gasteiger partial charge in [-0.15, -0.1) is 0 Å². The van der Waals surface area contributed by atoms with E-state index in [9.17, 15) is 4.79 Å². The highest BCUT2D eigenvalue weighted by molar-refractivity contribution is 5.83. The maximum absolute atomic E-state index is 11.6. The van der Waals surface area contributed by atoms with Gasteiger partial charge in [-0.2, -0.15) is 0 Å². The van der Waals surface area contributed by atoms with Crippen molar-refractivity contribution in [2.45, 2.75) is 60.3 Å². The average Bonchev–Trinajstić information content (AvgIpc) is 2.69. The summed E-state index contributed by atoms with van der Waals surface area (Å²) in [6.07, 6.45) is 10.7. The topological polar surface area (TPSA) is 26.3 Å². The fourth-order valence-corrected chi connectivity index (χ4v) is 3.30. The van der Waals surface area contributed by atoms with E-state index >= 15 is 0 Å². The Morgan fingerprint density at radius 3 is 2.41 bits per heavy atom. The minimum Gasteiger partial charge on any atom is -0.463 e. The Balaban J connectivity index is 2.40. The monoisotopic (exact) mass is 300 g/mol. The molecule has 0 saturated carbocycles. The number of ether oxygens (including phenoxy) is 1. The lowest BCUT2D eigenvalue weighted by Gasteiger charge is -2.19. The van der Waals surface area contributed by atoms with Crippen LogP contribution in [-0.4, -0.2) is 12.6 Å². The van der Waals surface area contributed by atoms with Crippen molar-refractivity contribution in [3.63, 3.8) is 0 Å². The van der Waals surface area contributed by atoms with Gasteiger partial charge >= 0.3 is 5.97 Å². The van der Waals surface area contributed by atoms with E-state index < -0.39 is 0 Å². The molecule has 0 bridgehead atoms. The van der Waals surface area contributed by atoms with Crippen LogP contribution in [0.5, 0.6) is 0 Å². The molecule has 22 heavy (non-hydrogen) atoms. The van der Waals surface area contributed by atoms with Gasteiger partial charge in [-0.25, -0.2) is 4.79 Å². The van der Waals surface area contributed by atoms with Crippen molar-refractivity contribution in [1.29, 1.82) is 0 Å². The summed E-state index contributed by atoms with van der Waals surface area (Å²) in [5.74, 6) is -0.261. The molecule has 0 saturated heterocycles. The van der Waals surface area contributed by atoms with Crippen molar-refractivity contribution < 1.29 is 9.53 Å². The Hall–Kier alpha value is -1.57. The Morgan fingerprint density at radius 2 is 1.82 bits per heavy atom. The fraction of sp³-hybridized carbons (Fsp3) is 0.550. The first-order valence-electron chi connectivity index (χ1n) is 8.35. The van der Waals surface area contributed by atoms with E-state index in [4.69, 9.17) is 4.74 Å². The first-order chi connectivity index (χ1) is 10.3. The van der Waals surface area contributed by atoms with Gasteiger partial charge in [-0.05, 0) is 78.9 Å². The second kappa shape index (κ2) is 6.68. The van der Waals surface area contributed by atoms with Gasteiger partial charge in [0.1, 0.15) is 0 Å². The van der Waals surface area contributed by atoms with Gasteiger partial charge in [0, 0.05) is 6.08 Å². The zero-order valence-corrected chi connectivity index (χ0v) is 14.6. The molecule has 2 aliphatic carbocycles. The Morgan fingerprint density at radius 1 is 1.18 bits per heavy atom. The van der Waals surface area contributed by atoms with Gasteiger partial charge in [-0.1, -0.05) is 26.8 Å². The Labute approximate surface area is 134 Å². The molecule has 2 heteroatoms. The van der Waals surface area contributed by atoms with Crippen molar-refractivity contribution in [2.24, 2.45) is 5.41 Å². The number of carbonyl (C=O) groups is 1. The predicted octanol–water partition coefficient (Wildman–Crippen LogP) is 5.28. The molecular weight excluding hydrogens is 272 g/mol. The third-order valence-corrected chi connectivity index (χ3v) is 4.19. The van der Waals surface area contributed by atoms with Crippen LogP contribution in [0.4, 0.5) is 0 Å². The van der Waals surface area contributed by atoms with E-state index in [1.54, 1.807) is 6.08 Å². The lowest BCUT2D eigenvalue weighted by molar-refractivity contribution is -0.137. The van der Waals surface area contributed by atoms with Gasteiger partial charge in [0.2, 0.25) is 0 Å². The van der Waals surface area contributed by atoms with Crippen molar-refractivity contribution >= 4 is 5.97 Å². The van der Waals surface area contributed by atoms with Crippen LogP contribution in [0.15, 0.2) is 46.1 Å². The molecule has 0 aromatic heterocycles. The van der Waals surface area contributed by atoms with Crippen LogP contribution in [0.2, 0.25) is 0 Å². The third-order valence-electron chi connectivity index (χ3n) is 4.19. The van der Waals surface area contributed by atoms with Gasteiger partial charge in [-0.3, -0.25) is 0 Å². The van der Waals surface area contributed by atoms with E-state index in [-0.39, 0.29) is 11.4 Å². The zero-order valence-electron chi connectivity index (χ0n) is 14.6. The first kappa shape index (κ1) is 16.8. The summed E-state index contributed by atoms with van der Waals surface area (Å²) in [7, 11) is 0. The van der Waals surface area contributed by atoms with Gasteiger partial charge in [0.15, 0.2) is 0 Å². The van der Waals surface area contributed by atoms with Crippen LogP contribution in [0, 0.1) is 5.41 Å². The number of carbonyl (C=O) groups excluding carboxylic acids is 1. The Bertz CT molecular complexity index is 577. The molecule has 2 aliphatic rings. The average molecular weight is 300 g/mol. The summed E-state index contributed by atoms with van der Waals surface area (Å²) < 4.78 is 5.01. The standard InChI is InChI=1S/C20H28O2/c1-6-22-19(21)12-11-16-14(2)15-9-7-8-10-17(15)18(16)13-20(3,4)5/h11-13H,6-10H2,1-5H3/b12-11+,18-13-. The maximum Gasteiger partial charge on any atom is 0.330 e. The molecule has 0 radical (unpaired) electrons. The molecule has 0 fully saturated rings. The van der Waals surface area contributed by atoms with Crippen molar-refractivity contribution in [3.8, 4) is 0 Å². The highest BCUT2D eigenvalue weighted by atomic mass is 16.5. The van der Waals surface area contributed by atoms with Gasteiger partial charge < -0.3 is 4.74 Å². The predicted molar refractivity (Wildman–Crippen MR) is 91.5 cm³/mol. The molecule has 2 nitrogen and oxygen atoms in total. The quantitative estimate of drug-likeness (QED) is 0.523. The number of esters is 1. The van der Waals surface area contributed by atoms with Gasteiger partial charge in [0.25, 0.3) is 0 Å². The van der Waals surface area contributed by atoms with Gasteiger partial charge in [0.05, 0.1) is 6.61 Å². The molecule has 120 valence electrons. The lowest BCUT2D eigenvalue weighted by atomic mass is 9.85. The smallest absolute Gasteiger partial charge is 0.330 e. The Kier molecular flexibility index (Phi) is 5.10. The number of rotatable bonds is 3. The molecule has 0 aromatic carbocycles. The van der Waals surface area contributed by atoms with Crippen molar-refractivity contribution in [3.05, 3.63) is 46.1 Å². The summed E-state index contributed by atoms with van der Waals surface area (Å²) in [4.78, 5) is 11.6. The van der Waals surface area contributed by atoms with Crippen LogP contribution in [0.3, 0.4) is 0 Å². The number of hydrogen-bond acceptors (Lipinski definition) is 2. The summed E-state index contributed by atoms with van der Waals surface area (Å²) in [6, 6.07) is 0. The molecule has 0 aliphatic heterocycles. The first-order valence-corrected chi connectivity index (χ1v) is 8.35. The fourth-order valence-electron chi connectivity index (χ4n) is 3.30. The summed E-state index contributed by atoms with van der Waals surface area (Å²) in [5, 5.41) is 0. The zero-order chi connectivity index (χ0) is 16.3. The summed E-state index contributed by atoms with van der Waals surface area (Å²) in [5.41, 5.74) is 7.01. The SMILES string of the molecule is CCOC(=O)/C=C/C1=C(C)C2=C(CCCC2)/C1=C\C(C)(C)C. The summed E-state index contributed by atoms with van der Waals surface area (Å²) >= 11 is 0. The van der Waals surface area contributed by atoms with Crippen LogP contribution < -0.4 is 0 Å². The molecular formula is C20H28O2. The maximum atomic E-state index is 11.6. The lowest BCUT2D eigenvalue weighted by Crippen LogP contribution is -2.05. The summed E-state index contributed by atoms with van der Waals surface area (Å²) in [6.45, 7) is 11.1. The molecule has 0 aromatic rings.